The monoisotopic (exact) mass is 346 g/mol. The molecule has 5 nitrogen and oxygen atoms in total. The lowest BCUT2D eigenvalue weighted by atomic mass is 10.1. The largest absolute Gasteiger partial charge is 0.416 e. The van der Waals surface area contributed by atoms with Crippen molar-refractivity contribution in [2.24, 2.45) is 0 Å². The maximum absolute atomic E-state index is 13.0. The van der Waals surface area contributed by atoms with Gasteiger partial charge in [-0.1, -0.05) is 13.3 Å². The zero-order valence-electron chi connectivity index (χ0n) is 13.5. The lowest BCUT2D eigenvalue weighted by molar-refractivity contribution is -0.385. The Labute approximate surface area is 138 Å². The van der Waals surface area contributed by atoms with Crippen molar-refractivity contribution in [1.82, 2.24) is 0 Å². The van der Waals surface area contributed by atoms with Gasteiger partial charge in [-0.25, -0.2) is 0 Å². The van der Waals surface area contributed by atoms with Crippen LogP contribution in [0.4, 0.5) is 24.5 Å². The molecule has 134 valence electrons. The van der Waals surface area contributed by atoms with Crippen LogP contribution in [0.15, 0.2) is 18.2 Å². The summed E-state index contributed by atoms with van der Waals surface area (Å²) < 4.78 is 44.6. The molecule has 0 amide bonds. The van der Waals surface area contributed by atoms with Gasteiger partial charge in [-0.2, -0.15) is 13.2 Å². The number of hydrogen-bond donors (Lipinski definition) is 0. The first-order valence-corrected chi connectivity index (χ1v) is 8.04. The van der Waals surface area contributed by atoms with Crippen LogP contribution in [0.1, 0.15) is 38.2 Å². The number of rotatable bonds is 6. The highest BCUT2D eigenvalue weighted by Gasteiger charge is 2.33. The highest BCUT2D eigenvalue weighted by atomic mass is 19.4. The Morgan fingerprint density at radius 3 is 2.50 bits per heavy atom. The number of benzene rings is 1. The van der Waals surface area contributed by atoms with Crippen LogP contribution in [-0.4, -0.2) is 30.7 Å². The Hall–Kier alpha value is -1.83. The van der Waals surface area contributed by atoms with E-state index < -0.39 is 22.4 Å². The van der Waals surface area contributed by atoms with Crippen molar-refractivity contribution in [3.63, 3.8) is 0 Å². The van der Waals surface area contributed by atoms with E-state index in [1.165, 1.54) is 6.07 Å². The number of nitrogens with zero attached hydrogens (tertiary/aromatic N) is 2. The first kappa shape index (κ1) is 18.5. The van der Waals surface area contributed by atoms with E-state index in [-0.39, 0.29) is 11.8 Å². The van der Waals surface area contributed by atoms with Gasteiger partial charge in [0.25, 0.3) is 5.69 Å². The topological polar surface area (TPSA) is 55.6 Å². The number of alkyl halides is 3. The smallest absolute Gasteiger partial charge is 0.378 e. The van der Waals surface area contributed by atoms with Gasteiger partial charge < -0.3 is 9.64 Å². The van der Waals surface area contributed by atoms with Crippen LogP contribution >= 0.6 is 0 Å². The van der Waals surface area contributed by atoms with Gasteiger partial charge in [-0.05, 0) is 25.3 Å². The van der Waals surface area contributed by atoms with E-state index >= 15 is 0 Å². The van der Waals surface area contributed by atoms with Crippen LogP contribution in [0.2, 0.25) is 0 Å². The number of hydrogen-bond acceptors (Lipinski definition) is 4. The molecule has 24 heavy (non-hydrogen) atoms. The predicted molar refractivity (Wildman–Crippen MR) is 84.2 cm³/mol. The van der Waals surface area contributed by atoms with Crippen molar-refractivity contribution in [3.8, 4) is 0 Å². The molecule has 1 heterocycles. The molecule has 0 spiro atoms. The zero-order chi connectivity index (χ0) is 17.7. The number of non-ortho nitro benzene ring substituents is 1. The minimum atomic E-state index is -4.61. The molecule has 1 saturated heterocycles. The molecule has 1 fully saturated rings. The van der Waals surface area contributed by atoms with E-state index in [0.29, 0.717) is 38.6 Å². The van der Waals surface area contributed by atoms with E-state index in [2.05, 4.69) is 6.92 Å². The van der Waals surface area contributed by atoms with E-state index in [4.69, 9.17) is 4.74 Å². The highest BCUT2D eigenvalue weighted by molar-refractivity contribution is 5.56. The van der Waals surface area contributed by atoms with Crippen LogP contribution in [0, 0.1) is 10.1 Å². The average molecular weight is 346 g/mol. The van der Waals surface area contributed by atoms with Gasteiger partial charge in [0.2, 0.25) is 0 Å². The molecule has 0 N–H and O–H groups in total. The molecule has 0 aliphatic carbocycles. The fraction of sp³-hybridized carbons (Fsp3) is 0.625. The molecule has 0 unspecified atom stereocenters. The summed E-state index contributed by atoms with van der Waals surface area (Å²) in [6.45, 7) is 3.81. The van der Waals surface area contributed by atoms with Crippen LogP contribution in [0.25, 0.3) is 0 Å². The molecule has 1 aromatic carbocycles. The lowest BCUT2D eigenvalue weighted by Crippen LogP contribution is -2.37. The van der Waals surface area contributed by atoms with Crippen molar-refractivity contribution < 1.29 is 22.8 Å². The minimum Gasteiger partial charge on any atom is -0.378 e. The molecular weight excluding hydrogens is 325 g/mol. The van der Waals surface area contributed by atoms with Gasteiger partial charge >= 0.3 is 6.18 Å². The molecule has 1 aromatic rings. The predicted octanol–water partition coefficient (Wildman–Crippen LogP) is 4.40. The van der Waals surface area contributed by atoms with Crippen molar-refractivity contribution in [2.45, 2.75) is 44.9 Å². The Morgan fingerprint density at radius 1 is 1.29 bits per heavy atom. The van der Waals surface area contributed by atoms with Crippen LogP contribution < -0.4 is 4.90 Å². The normalized spacial score (nSPS) is 16.4. The van der Waals surface area contributed by atoms with Gasteiger partial charge in [-0.15, -0.1) is 0 Å². The number of anilines is 1. The average Bonchev–Trinajstić information content (AvgIpc) is 2.54. The molecule has 0 aromatic heterocycles. The molecule has 0 radical (unpaired) electrons. The summed E-state index contributed by atoms with van der Waals surface area (Å²) in [7, 11) is 0. The molecule has 2 rings (SSSR count). The van der Waals surface area contributed by atoms with E-state index in [1.807, 2.05) is 0 Å². The maximum Gasteiger partial charge on any atom is 0.416 e. The summed E-state index contributed by atoms with van der Waals surface area (Å²) in [5.74, 6) is 0. The van der Waals surface area contributed by atoms with Crippen molar-refractivity contribution in [2.75, 3.05) is 24.6 Å². The quantitative estimate of drug-likeness (QED) is 0.435. The number of halogens is 3. The van der Waals surface area contributed by atoms with Crippen LogP contribution in [0.5, 0.6) is 0 Å². The SMILES string of the molecule is CCCCOC1CCN(c2cc([N+](=O)[O-])cc(C(F)(F)F)c2)CC1. The third-order valence-corrected chi connectivity index (χ3v) is 4.10. The summed E-state index contributed by atoms with van der Waals surface area (Å²) >= 11 is 0. The van der Waals surface area contributed by atoms with Crippen molar-refractivity contribution in [3.05, 3.63) is 33.9 Å². The van der Waals surface area contributed by atoms with Crippen LogP contribution in [-0.2, 0) is 10.9 Å². The second kappa shape index (κ2) is 7.83. The summed E-state index contributed by atoms with van der Waals surface area (Å²) in [6.07, 6.45) is -1.06. The third-order valence-electron chi connectivity index (χ3n) is 4.10. The summed E-state index contributed by atoms with van der Waals surface area (Å²) in [4.78, 5) is 11.9. The van der Waals surface area contributed by atoms with Crippen molar-refractivity contribution in [1.29, 1.82) is 0 Å². The number of nitro benzene ring substituents is 1. The minimum absolute atomic E-state index is 0.105. The van der Waals surface area contributed by atoms with E-state index in [9.17, 15) is 23.3 Å². The Bertz CT molecular complexity index is 570. The standard InChI is InChI=1S/C16H21F3N2O3/c1-2-3-8-24-15-4-6-20(7-5-15)13-9-12(16(17,18)19)10-14(11-13)21(22)23/h9-11,15H,2-8H2,1H3. The van der Waals surface area contributed by atoms with Gasteiger partial charge in [0, 0.05) is 37.5 Å². The molecule has 0 bridgehead atoms. The Balaban J connectivity index is 2.09. The fourth-order valence-electron chi connectivity index (χ4n) is 2.72. The number of unbranched alkanes of at least 4 members (excludes halogenated alkanes) is 1. The van der Waals surface area contributed by atoms with Crippen LogP contribution in [0.3, 0.4) is 0 Å². The Morgan fingerprint density at radius 2 is 1.96 bits per heavy atom. The van der Waals surface area contributed by atoms with Gasteiger partial charge in [0.1, 0.15) is 0 Å². The molecular formula is C16H21F3N2O3. The van der Waals surface area contributed by atoms with Gasteiger partial charge in [0.15, 0.2) is 0 Å². The van der Waals surface area contributed by atoms with E-state index in [1.54, 1.807) is 4.90 Å². The molecule has 0 atom stereocenters. The molecule has 1 aliphatic rings. The van der Waals surface area contributed by atoms with Crippen molar-refractivity contribution >= 4 is 11.4 Å². The second-order valence-electron chi connectivity index (χ2n) is 5.90. The number of ether oxygens (including phenoxy) is 1. The molecule has 1 aliphatic heterocycles. The number of piperidine rings is 1. The summed E-state index contributed by atoms with van der Waals surface area (Å²) in [5.41, 5.74) is -1.29. The zero-order valence-corrected chi connectivity index (χ0v) is 13.5. The highest BCUT2D eigenvalue weighted by Crippen LogP contribution is 2.35. The Kier molecular flexibility index (Phi) is 6.04. The van der Waals surface area contributed by atoms with E-state index in [0.717, 1.165) is 18.9 Å². The van der Waals surface area contributed by atoms with Gasteiger partial charge in [0.05, 0.1) is 16.6 Å². The summed E-state index contributed by atoms with van der Waals surface area (Å²) in [5, 5.41) is 10.9. The first-order valence-electron chi connectivity index (χ1n) is 8.04. The third kappa shape index (κ3) is 4.83. The lowest BCUT2D eigenvalue weighted by Gasteiger charge is -2.33. The maximum atomic E-state index is 13.0. The summed E-state index contributed by atoms with van der Waals surface area (Å²) in [6, 6.07) is 2.75. The molecule has 8 heteroatoms. The first-order chi connectivity index (χ1) is 11.3. The second-order valence-corrected chi connectivity index (χ2v) is 5.90. The number of nitro groups is 1. The fourth-order valence-corrected chi connectivity index (χ4v) is 2.72. The molecule has 0 saturated carbocycles. The van der Waals surface area contributed by atoms with Gasteiger partial charge in [-0.3, -0.25) is 10.1 Å².